The molecule has 0 aromatic rings. The molecule has 0 aromatic carbocycles. The molecule has 2 rings (SSSR count). The lowest BCUT2D eigenvalue weighted by atomic mass is 9.92. The van der Waals surface area contributed by atoms with Crippen LogP contribution in [0.15, 0.2) is 0 Å². The highest BCUT2D eigenvalue weighted by molar-refractivity contribution is 5.79. The summed E-state index contributed by atoms with van der Waals surface area (Å²) in [5.74, 6) is -0.00167. The van der Waals surface area contributed by atoms with Crippen molar-refractivity contribution in [1.29, 1.82) is 0 Å². The van der Waals surface area contributed by atoms with Crippen LogP contribution in [0, 0.1) is 0 Å². The van der Waals surface area contributed by atoms with Crippen molar-refractivity contribution in [2.24, 2.45) is 0 Å². The predicted molar refractivity (Wildman–Crippen MR) is 40.0 cm³/mol. The van der Waals surface area contributed by atoms with Gasteiger partial charge in [0.25, 0.3) is 0 Å². The molecular formula is C8H14O3. The van der Waals surface area contributed by atoms with E-state index in [1.165, 1.54) is 0 Å². The van der Waals surface area contributed by atoms with Gasteiger partial charge in [0.1, 0.15) is 5.78 Å². The third-order valence-corrected chi connectivity index (χ3v) is 2.21. The average molecular weight is 158 g/mol. The van der Waals surface area contributed by atoms with Gasteiger partial charge in [-0.25, -0.2) is 0 Å². The zero-order chi connectivity index (χ0) is 7.03. The fourth-order valence-electron chi connectivity index (χ4n) is 1.42. The summed E-state index contributed by atoms with van der Waals surface area (Å²) in [5.41, 5.74) is 0. The molecule has 1 heterocycles. The Morgan fingerprint density at radius 2 is 1.73 bits per heavy atom. The number of hydrogen-bond acceptors (Lipinski definition) is 3. The van der Waals surface area contributed by atoms with Gasteiger partial charge in [-0.15, -0.1) is 0 Å². The van der Waals surface area contributed by atoms with E-state index in [1.54, 1.807) is 0 Å². The summed E-state index contributed by atoms with van der Waals surface area (Å²) in [6.45, 7) is 0.411. The van der Waals surface area contributed by atoms with Crippen LogP contribution in [0.4, 0.5) is 0 Å². The van der Waals surface area contributed by atoms with E-state index >= 15 is 0 Å². The fraction of sp³-hybridized carbons (Fsp3) is 0.875. The maximum absolute atomic E-state index is 10.8. The van der Waals surface area contributed by atoms with Crippen molar-refractivity contribution in [2.75, 3.05) is 6.79 Å². The van der Waals surface area contributed by atoms with Crippen LogP contribution < -0.4 is 0 Å². The van der Waals surface area contributed by atoms with Crippen LogP contribution in [0.5, 0.6) is 0 Å². The van der Waals surface area contributed by atoms with Gasteiger partial charge in [0.15, 0.2) is 12.6 Å². The van der Waals surface area contributed by atoms with Gasteiger partial charge in [0, 0.05) is 25.7 Å². The molecule has 0 radical (unpaired) electrons. The van der Waals surface area contributed by atoms with E-state index in [0.29, 0.717) is 25.4 Å². The van der Waals surface area contributed by atoms with Crippen LogP contribution in [0.2, 0.25) is 0 Å². The first-order chi connectivity index (χ1) is 4.81. The SMILES string of the molecule is C.O=C1CCC2(CC1)OCO2. The Morgan fingerprint density at radius 3 is 2.09 bits per heavy atom. The number of carbonyl (C=O) groups excluding carboxylic acids is 1. The molecule has 3 nitrogen and oxygen atoms in total. The maximum atomic E-state index is 10.8. The van der Waals surface area contributed by atoms with Crippen molar-refractivity contribution in [2.45, 2.75) is 38.9 Å². The summed E-state index contributed by atoms with van der Waals surface area (Å²) in [6, 6.07) is 0. The van der Waals surface area contributed by atoms with E-state index in [-0.39, 0.29) is 13.2 Å². The molecule has 0 atom stereocenters. The molecule has 2 aliphatic rings. The molecule has 64 valence electrons. The minimum Gasteiger partial charge on any atom is -0.324 e. The molecule has 2 fully saturated rings. The van der Waals surface area contributed by atoms with E-state index in [1.807, 2.05) is 0 Å². The summed E-state index contributed by atoms with van der Waals surface area (Å²) >= 11 is 0. The standard InChI is InChI=1S/C7H10O3.CH4/c8-6-1-3-7(4-2-6)9-5-10-7;/h1-5H2;1H4. The minimum absolute atomic E-state index is 0. The van der Waals surface area contributed by atoms with Crippen LogP contribution in [0.25, 0.3) is 0 Å². The molecule has 1 saturated heterocycles. The van der Waals surface area contributed by atoms with Gasteiger partial charge in [0.2, 0.25) is 0 Å². The number of ether oxygens (including phenoxy) is 2. The number of hydrogen-bond donors (Lipinski definition) is 0. The summed E-state index contributed by atoms with van der Waals surface area (Å²) in [7, 11) is 0. The Labute approximate surface area is 66.7 Å². The average Bonchev–Trinajstić information content (AvgIpc) is 1.86. The predicted octanol–water partition coefficient (Wildman–Crippen LogP) is 1.47. The lowest BCUT2D eigenvalue weighted by Gasteiger charge is -2.43. The molecular weight excluding hydrogens is 144 g/mol. The van der Waals surface area contributed by atoms with Crippen LogP contribution in [-0.2, 0) is 14.3 Å². The van der Waals surface area contributed by atoms with Gasteiger partial charge in [-0.1, -0.05) is 7.43 Å². The van der Waals surface area contributed by atoms with Gasteiger partial charge in [0.05, 0.1) is 0 Å². The zero-order valence-corrected chi connectivity index (χ0v) is 5.76. The maximum Gasteiger partial charge on any atom is 0.174 e. The summed E-state index contributed by atoms with van der Waals surface area (Å²) in [5, 5.41) is 0. The Balaban J connectivity index is 0.000000605. The van der Waals surface area contributed by atoms with E-state index in [4.69, 9.17) is 9.47 Å². The van der Waals surface area contributed by atoms with Gasteiger partial charge in [-0.3, -0.25) is 4.79 Å². The van der Waals surface area contributed by atoms with Crippen molar-refractivity contribution in [3.63, 3.8) is 0 Å². The van der Waals surface area contributed by atoms with Crippen LogP contribution in [0.1, 0.15) is 33.1 Å². The summed E-state index contributed by atoms with van der Waals surface area (Å²) in [6.07, 6.45) is 2.76. The molecule has 1 aliphatic heterocycles. The highest BCUT2D eigenvalue weighted by Crippen LogP contribution is 2.36. The van der Waals surface area contributed by atoms with Gasteiger partial charge in [-0.05, 0) is 0 Å². The van der Waals surface area contributed by atoms with Gasteiger partial charge >= 0.3 is 0 Å². The van der Waals surface area contributed by atoms with E-state index in [9.17, 15) is 4.79 Å². The van der Waals surface area contributed by atoms with Crippen LogP contribution in [0.3, 0.4) is 0 Å². The highest BCUT2D eigenvalue weighted by atomic mass is 16.9. The van der Waals surface area contributed by atoms with Crippen molar-refractivity contribution in [3.05, 3.63) is 0 Å². The minimum atomic E-state index is -0.339. The smallest absolute Gasteiger partial charge is 0.174 e. The quantitative estimate of drug-likeness (QED) is 0.535. The third kappa shape index (κ3) is 1.44. The Hall–Kier alpha value is -0.410. The van der Waals surface area contributed by atoms with E-state index in [0.717, 1.165) is 12.8 Å². The van der Waals surface area contributed by atoms with Crippen LogP contribution in [-0.4, -0.2) is 18.4 Å². The van der Waals surface area contributed by atoms with Crippen molar-refractivity contribution >= 4 is 5.78 Å². The lowest BCUT2D eigenvalue weighted by Crippen LogP contribution is -2.49. The summed E-state index contributed by atoms with van der Waals surface area (Å²) in [4.78, 5) is 10.8. The second kappa shape index (κ2) is 2.91. The first-order valence-electron chi connectivity index (χ1n) is 3.60. The molecule has 1 spiro atoms. The molecule has 0 bridgehead atoms. The molecule has 1 aliphatic carbocycles. The first-order valence-corrected chi connectivity index (χ1v) is 3.60. The number of rotatable bonds is 0. The molecule has 3 heteroatoms. The van der Waals surface area contributed by atoms with Crippen LogP contribution >= 0.6 is 0 Å². The van der Waals surface area contributed by atoms with Gasteiger partial charge in [-0.2, -0.15) is 0 Å². The first kappa shape index (κ1) is 8.68. The molecule has 0 amide bonds. The fourth-order valence-corrected chi connectivity index (χ4v) is 1.42. The number of Topliss-reactive ketones (excluding diaryl/α,β-unsaturated/α-hetero) is 1. The van der Waals surface area contributed by atoms with Crippen molar-refractivity contribution < 1.29 is 14.3 Å². The largest absolute Gasteiger partial charge is 0.324 e. The number of ketones is 1. The Bertz CT molecular complexity index is 149. The van der Waals surface area contributed by atoms with E-state index in [2.05, 4.69) is 0 Å². The second-order valence-corrected chi connectivity index (χ2v) is 2.86. The molecule has 1 saturated carbocycles. The molecule has 0 unspecified atom stereocenters. The highest BCUT2D eigenvalue weighted by Gasteiger charge is 2.42. The molecule has 0 aromatic heterocycles. The van der Waals surface area contributed by atoms with Crippen molar-refractivity contribution in [1.82, 2.24) is 0 Å². The van der Waals surface area contributed by atoms with Gasteiger partial charge < -0.3 is 9.47 Å². The van der Waals surface area contributed by atoms with E-state index < -0.39 is 0 Å². The summed E-state index contributed by atoms with van der Waals surface area (Å²) < 4.78 is 10.5. The second-order valence-electron chi connectivity index (χ2n) is 2.86. The zero-order valence-electron chi connectivity index (χ0n) is 5.76. The molecule has 0 N–H and O–H groups in total. The Morgan fingerprint density at radius 1 is 1.18 bits per heavy atom. The van der Waals surface area contributed by atoms with Crippen molar-refractivity contribution in [3.8, 4) is 0 Å². The Kier molecular flexibility index (Phi) is 2.30. The lowest BCUT2D eigenvalue weighted by molar-refractivity contribution is -0.404. The molecule has 11 heavy (non-hydrogen) atoms. The topological polar surface area (TPSA) is 35.5 Å². The number of carbonyl (C=O) groups is 1. The third-order valence-electron chi connectivity index (χ3n) is 2.21. The monoisotopic (exact) mass is 158 g/mol. The normalized spacial score (nSPS) is 27.5.